The summed E-state index contributed by atoms with van der Waals surface area (Å²) in [6.45, 7) is 0. The second kappa shape index (κ2) is 8.10. The van der Waals surface area contributed by atoms with Crippen molar-refractivity contribution < 1.29 is 17.9 Å². The van der Waals surface area contributed by atoms with Crippen LogP contribution in [0.3, 0.4) is 0 Å². The Morgan fingerprint density at radius 1 is 0.923 bits per heavy atom. The van der Waals surface area contributed by atoms with E-state index in [9.17, 15) is 8.42 Å². The molecule has 0 aliphatic carbocycles. The van der Waals surface area contributed by atoms with Gasteiger partial charge in [-0.2, -0.15) is 0 Å². The molecule has 0 saturated carbocycles. The van der Waals surface area contributed by atoms with Crippen molar-refractivity contribution in [1.29, 1.82) is 0 Å². The summed E-state index contributed by atoms with van der Waals surface area (Å²) < 4.78 is 34.2. The molecular weight excluding hydrogens is 350 g/mol. The number of benzene rings is 2. The van der Waals surface area contributed by atoms with Gasteiger partial charge in [0.2, 0.25) is 0 Å². The van der Waals surface area contributed by atoms with E-state index in [2.05, 4.69) is 17.4 Å². The van der Waals surface area contributed by atoms with Gasteiger partial charge in [-0.3, -0.25) is 0 Å². The number of methoxy groups -OCH3 is 2. The smallest absolute Gasteiger partial charge is 0.150 e. The zero-order valence-electron chi connectivity index (χ0n) is 15.1. The summed E-state index contributed by atoms with van der Waals surface area (Å²) in [6, 6.07) is 16.0. The summed E-state index contributed by atoms with van der Waals surface area (Å²) in [5, 5.41) is 3.65. The van der Waals surface area contributed by atoms with E-state index in [1.54, 1.807) is 14.2 Å². The van der Waals surface area contributed by atoms with Gasteiger partial charge >= 0.3 is 0 Å². The zero-order valence-corrected chi connectivity index (χ0v) is 16.0. The average Bonchev–Trinajstić information content (AvgIpc) is 2.67. The summed E-state index contributed by atoms with van der Waals surface area (Å²) in [5.41, 5.74) is 2.15. The first-order valence-electron chi connectivity index (χ1n) is 8.75. The lowest BCUT2D eigenvalue weighted by atomic mass is 9.96. The van der Waals surface area contributed by atoms with E-state index < -0.39 is 9.84 Å². The summed E-state index contributed by atoms with van der Waals surface area (Å²) >= 11 is 0. The molecule has 1 aliphatic heterocycles. The minimum absolute atomic E-state index is 0.0639. The number of sulfone groups is 1. The van der Waals surface area contributed by atoms with Crippen molar-refractivity contribution in [2.24, 2.45) is 0 Å². The normalized spacial score (nSPS) is 17.2. The molecule has 1 N–H and O–H groups in total. The summed E-state index contributed by atoms with van der Waals surface area (Å²) in [6.07, 6.45) is 1.26. The Morgan fingerprint density at radius 3 is 1.88 bits per heavy atom. The van der Waals surface area contributed by atoms with Crippen LogP contribution in [0.1, 0.15) is 30.0 Å². The van der Waals surface area contributed by atoms with Crippen molar-refractivity contribution >= 4 is 9.84 Å². The molecule has 0 atom stereocenters. The molecule has 1 heterocycles. The van der Waals surface area contributed by atoms with E-state index in [1.165, 1.54) is 0 Å². The Hall–Kier alpha value is -2.05. The molecule has 2 aromatic carbocycles. The van der Waals surface area contributed by atoms with Gasteiger partial charge < -0.3 is 14.8 Å². The van der Waals surface area contributed by atoms with Gasteiger partial charge in [-0.1, -0.05) is 24.3 Å². The standard InChI is InChI=1S/C20H25NO4S/c1-24-18-7-3-5-15(13-18)20(16-6-4-8-19(14-16)25-2)21-17-9-11-26(22,23)12-10-17/h3-8,13-14,17,20-21H,9-12H2,1-2H3. The second-order valence-corrected chi connectivity index (χ2v) is 8.88. The second-order valence-electron chi connectivity index (χ2n) is 6.58. The lowest BCUT2D eigenvalue weighted by Gasteiger charge is -2.29. The van der Waals surface area contributed by atoms with Crippen LogP contribution in [0.4, 0.5) is 0 Å². The van der Waals surface area contributed by atoms with Gasteiger partial charge in [-0.15, -0.1) is 0 Å². The Kier molecular flexibility index (Phi) is 5.84. The zero-order chi connectivity index (χ0) is 18.6. The van der Waals surface area contributed by atoms with Crippen molar-refractivity contribution in [3.05, 3.63) is 59.7 Å². The van der Waals surface area contributed by atoms with E-state index in [-0.39, 0.29) is 23.6 Å². The first-order valence-corrected chi connectivity index (χ1v) is 10.6. The third-order valence-electron chi connectivity index (χ3n) is 4.81. The van der Waals surface area contributed by atoms with Gasteiger partial charge in [0, 0.05) is 6.04 Å². The first kappa shape index (κ1) is 18.7. The van der Waals surface area contributed by atoms with Crippen LogP contribution in [-0.4, -0.2) is 40.2 Å². The fourth-order valence-corrected chi connectivity index (χ4v) is 4.81. The van der Waals surface area contributed by atoms with Crippen LogP contribution in [0.15, 0.2) is 48.5 Å². The largest absolute Gasteiger partial charge is 0.497 e. The van der Waals surface area contributed by atoms with Gasteiger partial charge in [0.15, 0.2) is 0 Å². The van der Waals surface area contributed by atoms with Crippen LogP contribution < -0.4 is 14.8 Å². The highest BCUT2D eigenvalue weighted by molar-refractivity contribution is 7.91. The minimum atomic E-state index is -2.88. The molecule has 26 heavy (non-hydrogen) atoms. The van der Waals surface area contributed by atoms with Crippen LogP contribution in [0.2, 0.25) is 0 Å². The third kappa shape index (κ3) is 4.56. The Bertz CT molecular complexity index is 789. The van der Waals surface area contributed by atoms with Gasteiger partial charge in [0.1, 0.15) is 21.3 Å². The van der Waals surface area contributed by atoms with Crippen molar-refractivity contribution in [3.8, 4) is 11.5 Å². The monoisotopic (exact) mass is 375 g/mol. The molecule has 0 bridgehead atoms. The fourth-order valence-electron chi connectivity index (χ4n) is 3.32. The topological polar surface area (TPSA) is 64.6 Å². The van der Waals surface area contributed by atoms with Gasteiger partial charge in [-0.25, -0.2) is 8.42 Å². The van der Waals surface area contributed by atoms with E-state index in [0.29, 0.717) is 12.8 Å². The maximum atomic E-state index is 11.7. The predicted octanol–water partition coefficient (Wildman–Crippen LogP) is 2.96. The maximum Gasteiger partial charge on any atom is 0.150 e. The van der Waals surface area contributed by atoms with E-state index >= 15 is 0 Å². The predicted molar refractivity (Wildman–Crippen MR) is 103 cm³/mol. The maximum absolute atomic E-state index is 11.7. The summed E-state index contributed by atoms with van der Waals surface area (Å²) in [5.74, 6) is 2.08. The van der Waals surface area contributed by atoms with Crippen LogP contribution in [-0.2, 0) is 9.84 Å². The third-order valence-corrected chi connectivity index (χ3v) is 6.53. The number of rotatable bonds is 6. The highest BCUT2D eigenvalue weighted by Crippen LogP contribution is 2.29. The summed E-state index contributed by atoms with van der Waals surface area (Å²) in [4.78, 5) is 0. The Morgan fingerprint density at radius 2 is 1.42 bits per heavy atom. The van der Waals surface area contributed by atoms with Gasteiger partial charge in [0.05, 0.1) is 31.8 Å². The molecule has 0 radical (unpaired) electrons. The molecular formula is C20H25NO4S. The van der Waals surface area contributed by atoms with Crippen LogP contribution in [0.5, 0.6) is 11.5 Å². The van der Waals surface area contributed by atoms with Gasteiger partial charge in [-0.05, 0) is 48.2 Å². The fraction of sp³-hybridized carbons (Fsp3) is 0.400. The number of nitrogens with one attached hydrogen (secondary N) is 1. The summed E-state index contributed by atoms with van der Waals surface area (Å²) in [7, 11) is 0.422. The van der Waals surface area contributed by atoms with Crippen LogP contribution in [0, 0.1) is 0 Å². The van der Waals surface area contributed by atoms with Crippen molar-refractivity contribution in [2.45, 2.75) is 24.9 Å². The lowest BCUT2D eigenvalue weighted by molar-refractivity contribution is 0.406. The highest BCUT2D eigenvalue weighted by atomic mass is 32.2. The Labute approximate surface area is 155 Å². The molecule has 140 valence electrons. The number of ether oxygens (including phenoxy) is 2. The molecule has 1 fully saturated rings. The molecule has 0 unspecified atom stereocenters. The van der Waals surface area contributed by atoms with Crippen LogP contribution >= 0.6 is 0 Å². The molecule has 1 aliphatic rings. The van der Waals surface area contributed by atoms with E-state index in [1.807, 2.05) is 36.4 Å². The first-order chi connectivity index (χ1) is 12.5. The average molecular weight is 375 g/mol. The molecule has 0 aromatic heterocycles. The molecule has 2 aromatic rings. The van der Waals surface area contributed by atoms with E-state index in [0.717, 1.165) is 22.6 Å². The molecule has 5 nitrogen and oxygen atoms in total. The molecule has 0 amide bonds. The molecule has 3 rings (SSSR count). The van der Waals surface area contributed by atoms with Crippen molar-refractivity contribution in [2.75, 3.05) is 25.7 Å². The minimum Gasteiger partial charge on any atom is -0.497 e. The molecule has 0 spiro atoms. The quantitative estimate of drug-likeness (QED) is 0.841. The van der Waals surface area contributed by atoms with Gasteiger partial charge in [0.25, 0.3) is 0 Å². The molecule has 6 heteroatoms. The van der Waals surface area contributed by atoms with Crippen molar-refractivity contribution in [1.82, 2.24) is 5.32 Å². The lowest BCUT2D eigenvalue weighted by Crippen LogP contribution is -2.39. The number of hydrogen-bond donors (Lipinski definition) is 1. The molecule has 1 saturated heterocycles. The van der Waals surface area contributed by atoms with E-state index in [4.69, 9.17) is 9.47 Å². The SMILES string of the molecule is COc1cccc(C(NC2CCS(=O)(=O)CC2)c2cccc(OC)c2)c1. The van der Waals surface area contributed by atoms with Crippen LogP contribution in [0.25, 0.3) is 0 Å². The highest BCUT2D eigenvalue weighted by Gasteiger charge is 2.26. The van der Waals surface area contributed by atoms with Crippen molar-refractivity contribution in [3.63, 3.8) is 0 Å². The number of hydrogen-bond acceptors (Lipinski definition) is 5. The Balaban J connectivity index is 1.90.